The van der Waals surface area contributed by atoms with E-state index in [2.05, 4.69) is 21.3 Å². The number of aliphatic carboxylic acids is 1. The van der Waals surface area contributed by atoms with Crippen molar-refractivity contribution in [2.45, 2.75) is 141 Å². The first-order chi connectivity index (χ1) is 29.6. The SMILES string of the molecule is CC.CCCC(NC(=C1CCC1)C1CCCN1C(=O)C(NC(=O)Cc1cccc(OCCCCO)c1)C1CCCCC1)C(=O)C(=O)NCC(=O)NC(C(=O)O)c1ccccc1. The lowest BCUT2D eigenvalue weighted by molar-refractivity contribution is -0.142. The Balaban J connectivity index is 0.00000403. The van der Waals surface area contributed by atoms with Gasteiger partial charge in [0.15, 0.2) is 6.04 Å². The topological polar surface area (TPSA) is 203 Å². The maximum atomic E-state index is 14.7. The van der Waals surface area contributed by atoms with Gasteiger partial charge in [0, 0.05) is 18.8 Å². The number of carboxylic acid groups (broad SMARTS) is 1. The molecule has 0 radical (unpaired) electrons. The summed E-state index contributed by atoms with van der Waals surface area (Å²) in [7, 11) is 0. The van der Waals surface area contributed by atoms with Crippen LogP contribution in [0.5, 0.6) is 5.75 Å². The second-order valence-corrected chi connectivity index (χ2v) is 15.9. The number of unbranched alkanes of at least 4 members (excludes halogenated alkanes) is 1. The van der Waals surface area contributed by atoms with Crippen LogP contribution in [0.1, 0.15) is 128 Å². The van der Waals surface area contributed by atoms with E-state index in [1.54, 1.807) is 30.3 Å². The summed E-state index contributed by atoms with van der Waals surface area (Å²) in [5.74, 6) is -3.48. The molecule has 2 aromatic rings. The molecule has 3 aliphatic rings. The highest BCUT2D eigenvalue weighted by Crippen LogP contribution is 2.36. The zero-order chi connectivity index (χ0) is 44.1. The van der Waals surface area contributed by atoms with Crippen LogP contribution in [-0.4, -0.2) is 94.9 Å². The van der Waals surface area contributed by atoms with Crippen LogP contribution in [0.4, 0.5) is 0 Å². The lowest BCUT2D eigenvalue weighted by Crippen LogP contribution is -2.56. The second kappa shape index (κ2) is 25.5. The van der Waals surface area contributed by atoms with Gasteiger partial charge < -0.3 is 41.1 Å². The molecule has 334 valence electrons. The number of likely N-dealkylation sites (tertiary alicyclic amines) is 1. The molecule has 0 spiro atoms. The van der Waals surface area contributed by atoms with E-state index in [9.17, 15) is 33.9 Å². The molecule has 1 aliphatic heterocycles. The molecule has 1 heterocycles. The average Bonchev–Trinajstić information content (AvgIpc) is 3.75. The van der Waals surface area contributed by atoms with E-state index in [0.717, 1.165) is 81.0 Å². The van der Waals surface area contributed by atoms with Gasteiger partial charge in [-0.1, -0.05) is 88.9 Å². The van der Waals surface area contributed by atoms with Crippen molar-refractivity contribution in [1.29, 1.82) is 0 Å². The van der Waals surface area contributed by atoms with Gasteiger partial charge in [-0.2, -0.15) is 0 Å². The van der Waals surface area contributed by atoms with Gasteiger partial charge in [-0.3, -0.25) is 24.0 Å². The maximum absolute atomic E-state index is 14.7. The lowest BCUT2D eigenvalue weighted by atomic mass is 9.82. The van der Waals surface area contributed by atoms with Gasteiger partial charge in [-0.05, 0) is 99.0 Å². The van der Waals surface area contributed by atoms with Crippen molar-refractivity contribution < 1.29 is 43.7 Å². The van der Waals surface area contributed by atoms with Crippen LogP contribution < -0.4 is 26.0 Å². The molecule has 5 rings (SSSR count). The Hall–Kier alpha value is -5.24. The lowest BCUT2D eigenvalue weighted by Gasteiger charge is -2.38. The Kier molecular flexibility index (Phi) is 20.3. The molecule has 4 atom stereocenters. The summed E-state index contributed by atoms with van der Waals surface area (Å²) >= 11 is 0. The zero-order valence-corrected chi connectivity index (χ0v) is 36.2. The number of benzene rings is 2. The summed E-state index contributed by atoms with van der Waals surface area (Å²) in [6.07, 6.45) is 11.1. The summed E-state index contributed by atoms with van der Waals surface area (Å²) < 4.78 is 5.81. The minimum absolute atomic E-state index is 0.0100. The van der Waals surface area contributed by atoms with Gasteiger partial charge in [-0.15, -0.1) is 0 Å². The highest BCUT2D eigenvalue weighted by atomic mass is 16.5. The van der Waals surface area contributed by atoms with E-state index in [4.69, 9.17) is 9.84 Å². The molecule has 0 bridgehead atoms. The Bertz CT molecular complexity index is 1790. The first kappa shape index (κ1) is 48.4. The fraction of sp³-hybridized carbons (Fsp3) is 0.574. The van der Waals surface area contributed by atoms with Gasteiger partial charge in [0.2, 0.25) is 23.5 Å². The van der Waals surface area contributed by atoms with Crippen molar-refractivity contribution in [3.05, 3.63) is 77.0 Å². The Morgan fingerprint density at radius 1 is 0.836 bits per heavy atom. The van der Waals surface area contributed by atoms with Crippen molar-refractivity contribution in [2.24, 2.45) is 5.92 Å². The number of rotatable bonds is 22. The Morgan fingerprint density at radius 3 is 2.23 bits per heavy atom. The number of aliphatic hydroxyl groups excluding tert-OH is 1. The molecule has 2 aromatic carbocycles. The predicted molar refractivity (Wildman–Crippen MR) is 232 cm³/mol. The van der Waals surface area contributed by atoms with Crippen molar-refractivity contribution >= 4 is 35.4 Å². The third kappa shape index (κ3) is 14.4. The normalized spacial score (nSPS) is 17.6. The van der Waals surface area contributed by atoms with Gasteiger partial charge in [0.05, 0.1) is 31.7 Å². The Labute approximate surface area is 360 Å². The van der Waals surface area contributed by atoms with Crippen LogP contribution in [0.15, 0.2) is 65.9 Å². The largest absolute Gasteiger partial charge is 0.494 e. The number of hydrogen-bond donors (Lipinski definition) is 6. The predicted octanol–water partition coefficient (Wildman–Crippen LogP) is 5.29. The van der Waals surface area contributed by atoms with Gasteiger partial charge >= 0.3 is 5.97 Å². The standard InChI is InChI=1S/C45H61N5O9.C2H6/c1-2-14-35(42(54)43(55)46-29-38(53)49-41(45(57)58)33-18-7-4-8-19-33)47-39(31-20-12-21-31)36-23-13-24-50(36)44(56)40(32-16-5-3-6-17-32)48-37(52)28-30-15-11-22-34(27-30)59-26-10-9-25-51;1-2/h4,7-8,11,15,18-19,22,27,32,35-36,40-41,47,51H,2-3,5-6,9-10,12-14,16-17,20-21,23-26,28-29H2,1H3,(H,46,55)(H,48,52)(H,49,53)(H,57,58);1-2H3. The highest BCUT2D eigenvalue weighted by molar-refractivity contribution is 6.38. The summed E-state index contributed by atoms with van der Waals surface area (Å²) in [6.45, 7) is 6.39. The first-order valence-electron chi connectivity index (χ1n) is 22.4. The number of aliphatic hydroxyl groups is 1. The van der Waals surface area contributed by atoms with E-state index in [-0.39, 0.29) is 36.8 Å². The quantitative estimate of drug-likeness (QED) is 0.0668. The summed E-state index contributed by atoms with van der Waals surface area (Å²) in [4.78, 5) is 81.8. The van der Waals surface area contributed by atoms with Crippen molar-refractivity contribution in [2.75, 3.05) is 26.3 Å². The monoisotopic (exact) mass is 845 g/mol. The van der Waals surface area contributed by atoms with E-state index in [1.165, 1.54) is 0 Å². The van der Waals surface area contributed by atoms with E-state index < -0.39 is 48.2 Å². The molecule has 4 amide bonds. The van der Waals surface area contributed by atoms with E-state index >= 15 is 0 Å². The Morgan fingerprint density at radius 2 is 1.57 bits per heavy atom. The summed E-state index contributed by atoms with van der Waals surface area (Å²) in [5, 5.41) is 30.1. The average molecular weight is 846 g/mol. The van der Waals surface area contributed by atoms with Crippen LogP contribution >= 0.6 is 0 Å². The third-order valence-electron chi connectivity index (χ3n) is 11.5. The highest BCUT2D eigenvalue weighted by Gasteiger charge is 2.41. The third-order valence-corrected chi connectivity index (χ3v) is 11.5. The minimum atomic E-state index is -1.32. The maximum Gasteiger partial charge on any atom is 0.330 e. The number of Topliss-reactive ketones (excluding diaryl/α,β-unsaturated/α-hetero) is 1. The fourth-order valence-electron chi connectivity index (χ4n) is 8.27. The van der Waals surface area contributed by atoms with Crippen molar-refractivity contribution in [1.82, 2.24) is 26.2 Å². The summed E-state index contributed by atoms with van der Waals surface area (Å²) in [6, 6.07) is 12.3. The van der Waals surface area contributed by atoms with Crippen LogP contribution in [-0.2, 0) is 35.2 Å². The molecule has 3 fully saturated rings. The molecule has 2 aliphatic carbocycles. The number of carboxylic acids is 1. The smallest absolute Gasteiger partial charge is 0.330 e. The molecule has 14 heteroatoms. The number of hydrogen-bond acceptors (Lipinski definition) is 9. The molecule has 14 nitrogen and oxygen atoms in total. The molecule has 0 aromatic heterocycles. The van der Waals surface area contributed by atoms with Gasteiger partial charge in [0.25, 0.3) is 5.91 Å². The zero-order valence-electron chi connectivity index (χ0n) is 36.2. The molecule has 6 N–H and O–H groups in total. The van der Waals surface area contributed by atoms with Crippen LogP contribution in [0.3, 0.4) is 0 Å². The number of allylic oxidation sites excluding steroid dienone is 1. The van der Waals surface area contributed by atoms with E-state index in [1.807, 2.05) is 49.9 Å². The van der Waals surface area contributed by atoms with Crippen molar-refractivity contribution in [3.63, 3.8) is 0 Å². The molecular weight excluding hydrogens is 779 g/mol. The molecule has 4 unspecified atom stereocenters. The number of ketones is 1. The van der Waals surface area contributed by atoms with Crippen molar-refractivity contribution in [3.8, 4) is 5.75 Å². The molecule has 61 heavy (non-hydrogen) atoms. The minimum Gasteiger partial charge on any atom is -0.494 e. The molecule has 1 saturated heterocycles. The molecular formula is C47H67N5O9. The van der Waals surface area contributed by atoms with Crippen LogP contribution in [0.2, 0.25) is 0 Å². The number of carbonyl (C=O) groups excluding carboxylic acids is 5. The first-order valence-corrected chi connectivity index (χ1v) is 22.4. The number of nitrogens with zero attached hydrogens (tertiary/aromatic N) is 1. The fourth-order valence-corrected chi connectivity index (χ4v) is 8.27. The molecule has 2 saturated carbocycles. The van der Waals surface area contributed by atoms with Gasteiger partial charge in [-0.25, -0.2) is 4.79 Å². The number of amides is 4. The number of ether oxygens (including phenoxy) is 1. The second-order valence-electron chi connectivity index (χ2n) is 15.9. The van der Waals surface area contributed by atoms with Crippen LogP contribution in [0, 0.1) is 5.92 Å². The summed E-state index contributed by atoms with van der Waals surface area (Å²) in [5.41, 5.74) is 3.03. The van der Waals surface area contributed by atoms with Gasteiger partial charge in [0.1, 0.15) is 11.8 Å². The van der Waals surface area contributed by atoms with E-state index in [0.29, 0.717) is 50.1 Å². The number of nitrogens with one attached hydrogen (secondary N) is 4. The number of carbonyl (C=O) groups is 6. The van der Waals surface area contributed by atoms with Crippen LogP contribution in [0.25, 0.3) is 0 Å².